The van der Waals surface area contributed by atoms with Crippen LogP contribution in [0.15, 0.2) is 52.7 Å². The normalized spacial score (nSPS) is 11.1. The summed E-state index contributed by atoms with van der Waals surface area (Å²) >= 11 is 1.27. The second-order valence-electron chi connectivity index (χ2n) is 5.79. The van der Waals surface area contributed by atoms with Crippen LogP contribution in [-0.2, 0) is 10.0 Å². The van der Waals surface area contributed by atoms with Crippen molar-refractivity contribution < 1.29 is 22.7 Å². The number of nitrogens with one attached hydrogen (secondary N) is 2. The molecule has 0 bridgehead atoms. The van der Waals surface area contributed by atoms with Gasteiger partial charge in [0, 0.05) is 22.6 Å². The molecule has 0 saturated carbocycles. The number of sulfonamides is 1. The Labute approximate surface area is 172 Å². The Kier molecular flexibility index (Phi) is 6.16. The lowest BCUT2D eigenvalue weighted by molar-refractivity contribution is 0.102. The summed E-state index contributed by atoms with van der Waals surface area (Å²) < 4.78 is 36.3. The molecule has 0 fully saturated rings. The standard InChI is InChI=1S/C19H19N3O5S2/c1-20-29(24,25)14-7-4-12(5-8-14)18(23)22-19-21-16(11-28-19)15-9-6-13(26-2)10-17(15)27-3/h4-11,20H,1-3H3,(H,21,22,23). The minimum Gasteiger partial charge on any atom is -0.497 e. The first-order chi connectivity index (χ1) is 13.9. The van der Waals surface area contributed by atoms with Crippen LogP contribution in [0.4, 0.5) is 5.13 Å². The summed E-state index contributed by atoms with van der Waals surface area (Å²) in [4.78, 5) is 17.0. The predicted molar refractivity (Wildman–Crippen MR) is 111 cm³/mol. The van der Waals surface area contributed by atoms with Gasteiger partial charge in [0.1, 0.15) is 11.5 Å². The summed E-state index contributed by atoms with van der Waals surface area (Å²) in [5.41, 5.74) is 1.74. The fourth-order valence-electron chi connectivity index (χ4n) is 2.54. The van der Waals surface area contributed by atoms with E-state index in [9.17, 15) is 13.2 Å². The lowest BCUT2D eigenvalue weighted by Crippen LogP contribution is -2.19. The maximum atomic E-state index is 12.4. The van der Waals surface area contributed by atoms with Crippen LogP contribution in [0.3, 0.4) is 0 Å². The molecule has 0 unspecified atom stereocenters. The number of hydrogen-bond donors (Lipinski definition) is 2. The Morgan fingerprint density at radius 3 is 2.41 bits per heavy atom. The van der Waals surface area contributed by atoms with Crippen LogP contribution in [0.2, 0.25) is 0 Å². The molecule has 0 radical (unpaired) electrons. The Morgan fingerprint density at radius 2 is 1.79 bits per heavy atom. The van der Waals surface area contributed by atoms with Crippen molar-refractivity contribution >= 4 is 32.4 Å². The Morgan fingerprint density at radius 1 is 1.07 bits per heavy atom. The van der Waals surface area contributed by atoms with E-state index < -0.39 is 10.0 Å². The molecular formula is C19H19N3O5S2. The number of methoxy groups -OCH3 is 2. The minimum atomic E-state index is -3.55. The zero-order valence-corrected chi connectivity index (χ0v) is 17.6. The Bertz CT molecular complexity index is 1130. The largest absolute Gasteiger partial charge is 0.497 e. The molecule has 3 aromatic rings. The van der Waals surface area contributed by atoms with Crippen molar-refractivity contribution in [1.82, 2.24) is 9.71 Å². The van der Waals surface area contributed by atoms with Crippen molar-refractivity contribution in [3.8, 4) is 22.8 Å². The van der Waals surface area contributed by atoms with Crippen LogP contribution in [0.1, 0.15) is 10.4 Å². The van der Waals surface area contributed by atoms with E-state index in [0.29, 0.717) is 27.9 Å². The maximum Gasteiger partial charge on any atom is 0.257 e. The summed E-state index contributed by atoms with van der Waals surface area (Å²) in [6, 6.07) is 11.0. The summed E-state index contributed by atoms with van der Waals surface area (Å²) in [6.07, 6.45) is 0. The molecule has 0 aliphatic heterocycles. The molecule has 0 aliphatic carbocycles. The second kappa shape index (κ2) is 8.60. The van der Waals surface area contributed by atoms with E-state index in [-0.39, 0.29) is 10.8 Å². The average molecular weight is 434 g/mol. The maximum absolute atomic E-state index is 12.4. The average Bonchev–Trinajstić information content (AvgIpc) is 3.21. The van der Waals surface area contributed by atoms with E-state index in [4.69, 9.17) is 9.47 Å². The van der Waals surface area contributed by atoms with E-state index in [1.54, 1.807) is 26.4 Å². The van der Waals surface area contributed by atoms with Crippen LogP contribution < -0.4 is 19.5 Å². The van der Waals surface area contributed by atoms with Gasteiger partial charge < -0.3 is 9.47 Å². The van der Waals surface area contributed by atoms with Gasteiger partial charge in [-0.25, -0.2) is 18.1 Å². The first-order valence-electron chi connectivity index (χ1n) is 8.41. The third-order valence-corrected chi connectivity index (χ3v) is 6.29. The highest BCUT2D eigenvalue weighted by Crippen LogP contribution is 2.34. The van der Waals surface area contributed by atoms with Crippen molar-refractivity contribution in [2.45, 2.75) is 4.90 Å². The van der Waals surface area contributed by atoms with Gasteiger partial charge >= 0.3 is 0 Å². The number of anilines is 1. The molecule has 3 rings (SSSR count). The second-order valence-corrected chi connectivity index (χ2v) is 8.53. The molecular weight excluding hydrogens is 414 g/mol. The molecule has 8 nitrogen and oxygen atoms in total. The van der Waals surface area contributed by atoms with Crippen molar-refractivity contribution in [3.05, 3.63) is 53.4 Å². The number of amides is 1. The third kappa shape index (κ3) is 4.56. The van der Waals surface area contributed by atoms with Gasteiger partial charge in [-0.15, -0.1) is 11.3 Å². The zero-order valence-electron chi connectivity index (χ0n) is 15.9. The molecule has 0 aliphatic rings. The summed E-state index contributed by atoms with van der Waals surface area (Å²) in [7, 11) is 0.912. The van der Waals surface area contributed by atoms with Gasteiger partial charge in [0.15, 0.2) is 5.13 Å². The molecule has 152 valence electrons. The Balaban J connectivity index is 1.77. The topological polar surface area (TPSA) is 107 Å². The SMILES string of the molecule is CNS(=O)(=O)c1ccc(C(=O)Nc2nc(-c3ccc(OC)cc3OC)cs2)cc1. The molecule has 1 aromatic heterocycles. The van der Waals surface area contributed by atoms with Crippen molar-refractivity contribution in [1.29, 1.82) is 0 Å². The van der Waals surface area contributed by atoms with Gasteiger partial charge in [-0.05, 0) is 43.4 Å². The number of carbonyl (C=O) groups excluding carboxylic acids is 1. The van der Waals surface area contributed by atoms with Gasteiger partial charge in [0.2, 0.25) is 10.0 Å². The molecule has 10 heteroatoms. The van der Waals surface area contributed by atoms with Gasteiger partial charge in [-0.1, -0.05) is 0 Å². The first kappa shape index (κ1) is 20.8. The number of benzene rings is 2. The molecule has 1 amide bonds. The molecule has 0 saturated heterocycles. The molecule has 29 heavy (non-hydrogen) atoms. The highest BCUT2D eigenvalue weighted by molar-refractivity contribution is 7.89. The highest BCUT2D eigenvalue weighted by Gasteiger charge is 2.15. The number of aromatic nitrogens is 1. The summed E-state index contributed by atoms with van der Waals surface area (Å²) in [6.45, 7) is 0. The summed E-state index contributed by atoms with van der Waals surface area (Å²) in [5.74, 6) is 0.882. The summed E-state index contributed by atoms with van der Waals surface area (Å²) in [5, 5.41) is 4.94. The fourth-order valence-corrected chi connectivity index (χ4v) is 3.97. The number of thiazole rings is 1. The number of carbonyl (C=O) groups is 1. The van der Waals surface area contributed by atoms with Crippen LogP contribution >= 0.6 is 11.3 Å². The first-order valence-corrected chi connectivity index (χ1v) is 10.8. The van der Waals surface area contributed by atoms with Crippen LogP contribution in [0, 0.1) is 0 Å². The number of ether oxygens (including phenoxy) is 2. The van der Waals surface area contributed by atoms with Crippen molar-refractivity contribution in [2.75, 3.05) is 26.6 Å². The fraction of sp³-hybridized carbons (Fsp3) is 0.158. The van der Waals surface area contributed by atoms with Crippen LogP contribution in [0.25, 0.3) is 11.3 Å². The number of hydrogen-bond acceptors (Lipinski definition) is 7. The van der Waals surface area contributed by atoms with Gasteiger partial charge in [-0.2, -0.15) is 0 Å². The van der Waals surface area contributed by atoms with E-state index >= 15 is 0 Å². The van der Waals surface area contributed by atoms with Crippen LogP contribution in [0.5, 0.6) is 11.5 Å². The molecule has 2 aromatic carbocycles. The van der Waals surface area contributed by atoms with Gasteiger partial charge in [0.05, 0.1) is 24.8 Å². The molecule has 2 N–H and O–H groups in total. The van der Waals surface area contributed by atoms with Gasteiger partial charge in [0.25, 0.3) is 5.91 Å². The van der Waals surface area contributed by atoms with Gasteiger partial charge in [-0.3, -0.25) is 10.1 Å². The lowest BCUT2D eigenvalue weighted by Gasteiger charge is -2.08. The number of rotatable bonds is 7. The third-order valence-electron chi connectivity index (χ3n) is 4.10. The zero-order chi connectivity index (χ0) is 21.0. The Hall–Kier alpha value is -2.95. The number of nitrogens with zero attached hydrogens (tertiary/aromatic N) is 1. The highest BCUT2D eigenvalue weighted by atomic mass is 32.2. The monoisotopic (exact) mass is 433 g/mol. The smallest absolute Gasteiger partial charge is 0.257 e. The molecule has 0 spiro atoms. The van der Waals surface area contributed by atoms with E-state index in [1.807, 2.05) is 11.4 Å². The van der Waals surface area contributed by atoms with E-state index in [2.05, 4.69) is 15.0 Å². The predicted octanol–water partition coefficient (Wildman–Crippen LogP) is 2.99. The van der Waals surface area contributed by atoms with Crippen molar-refractivity contribution in [2.24, 2.45) is 0 Å². The lowest BCUT2D eigenvalue weighted by atomic mass is 10.1. The molecule has 0 atom stereocenters. The van der Waals surface area contributed by atoms with E-state index in [0.717, 1.165) is 5.56 Å². The van der Waals surface area contributed by atoms with E-state index in [1.165, 1.54) is 42.6 Å². The quantitative estimate of drug-likeness (QED) is 0.593. The molecule has 1 heterocycles. The minimum absolute atomic E-state index is 0.0830. The van der Waals surface area contributed by atoms with Crippen LogP contribution in [-0.4, -0.2) is 40.6 Å². The van der Waals surface area contributed by atoms with Crippen molar-refractivity contribution in [3.63, 3.8) is 0 Å².